The number of rotatable bonds is 6. The van der Waals surface area contributed by atoms with E-state index < -0.39 is 10.0 Å². The Hall–Kier alpha value is -3.23. The molecular formula is C24H26N4O3S. The SMILES string of the molecule is C[C@@H](NC(=O)c1cccc(S(=O)(=O)N2CCN(c3ccccc3)CC2)c1)c1ccccn1. The van der Waals surface area contributed by atoms with Crippen LogP contribution in [0.4, 0.5) is 5.69 Å². The summed E-state index contributed by atoms with van der Waals surface area (Å²) in [6, 6.07) is 21.4. The Balaban J connectivity index is 1.44. The summed E-state index contributed by atoms with van der Waals surface area (Å²) in [7, 11) is -3.69. The van der Waals surface area contributed by atoms with Crippen LogP contribution in [0, 0.1) is 0 Å². The number of para-hydroxylation sites is 1. The minimum Gasteiger partial charge on any atom is -0.369 e. The van der Waals surface area contributed by atoms with Gasteiger partial charge in [-0.25, -0.2) is 8.42 Å². The molecule has 1 N–H and O–H groups in total. The van der Waals surface area contributed by atoms with Gasteiger partial charge in [-0.3, -0.25) is 9.78 Å². The van der Waals surface area contributed by atoms with Gasteiger partial charge in [-0.1, -0.05) is 30.3 Å². The zero-order valence-corrected chi connectivity index (χ0v) is 18.7. The Bertz CT molecular complexity index is 1160. The van der Waals surface area contributed by atoms with Crippen LogP contribution in [0.2, 0.25) is 0 Å². The number of hydrogen-bond donors (Lipinski definition) is 1. The van der Waals surface area contributed by atoms with Gasteiger partial charge in [0, 0.05) is 43.6 Å². The molecule has 1 saturated heterocycles. The minimum absolute atomic E-state index is 0.129. The Kier molecular flexibility index (Phi) is 6.53. The van der Waals surface area contributed by atoms with Crippen molar-refractivity contribution in [1.29, 1.82) is 0 Å². The van der Waals surface area contributed by atoms with Crippen LogP contribution in [0.3, 0.4) is 0 Å². The van der Waals surface area contributed by atoms with Crippen molar-refractivity contribution in [2.75, 3.05) is 31.1 Å². The van der Waals surface area contributed by atoms with E-state index in [1.54, 1.807) is 18.3 Å². The molecule has 0 spiro atoms. The van der Waals surface area contributed by atoms with Crippen molar-refractivity contribution in [2.45, 2.75) is 17.9 Å². The van der Waals surface area contributed by atoms with Gasteiger partial charge in [0.1, 0.15) is 0 Å². The van der Waals surface area contributed by atoms with Crippen molar-refractivity contribution < 1.29 is 13.2 Å². The molecule has 0 unspecified atom stereocenters. The van der Waals surface area contributed by atoms with Gasteiger partial charge in [0.25, 0.3) is 5.91 Å². The fourth-order valence-corrected chi connectivity index (χ4v) is 5.23. The zero-order valence-electron chi connectivity index (χ0n) is 17.9. The number of carbonyl (C=O) groups excluding carboxylic acids is 1. The normalized spacial score (nSPS) is 15.8. The number of anilines is 1. The Morgan fingerprint density at radius 3 is 2.34 bits per heavy atom. The van der Waals surface area contributed by atoms with E-state index in [0.717, 1.165) is 11.4 Å². The average Bonchev–Trinajstić information content (AvgIpc) is 2.85. The molecular weight excluding hydrogens is 424 g/mol. The number of pyridine rings is 1. The van der Waals surface area contributed by atoms with Gasteiger partial charge < -0.3 is 10.2 Å². The van der Waals surface area contributed by atoms with Gasteiger partial charge in [0.2, 0.25) is 10.0 Å². The molecule has 2 aromatic carbocycles. The summed E-state index contributed by atoms with van der Waals surface area (Å²) in [5.74, 6) is -0.339. The fraction of sp³-hybridized carbons (Fsp3) is 0.250. The Morgan fingerprint density at radius 2 is 1.66 bits per heavy atom. The lowest BCUT2D eigenvalue weighted by Gasteiger charge is -2.35. The van der Waals surface area contributed by atoms with Gasteiger partial charge in [-0.15, -0.1) is 0 Å². The first-order valence-electron chi connectivity index (χ1n) is 10.6. The molecule has 8 heteroatoms. The maximum absolute atomic E-state index is 13.2. The first kappa shape index (κ1) is 22.0. The van der Waals surface area contributed by atoms with Crippen LogP contribution in [0.15, 0.2) is 83.9 Å². The van der Waals surface area contributed by atoms with E-state index in [1.165, 1.54) is 16.4 Å². The van der Waals surface area contributed by atoms with Gasteiger partial charge in [-0.2, -0.15) is 4.31 Å². The predicted octanol–water partition coefficient (Wildman–Crippen LogP) is 3.08. The average molecular weight is 451 g/mol. The van der Waals surface area contributed by atoms with Gasteiger partial charge in [-0.05, 0) is 49.4 Å². The maximum Gasteiger partial charge on any atom is 0.251 e. The van der Waals surface area contributed by atoms with Gasteiger partial charge in [0.05, 0.1) is 16.6 Å². The number of aromatic nitrogens is 1. The van der Waals surface area contributed by atoms with Crippen molar-refractivity contribution in [3.63, 3.8) is 0 Å². The third kappa shape index (κ3) is 4.81. The number of benzene rings is 2. The van der Waals surface area contributed by atoms with E-state index >= 15 is 0 Å². The van der Waals surface area contributed by atoms with Crippen LogP contribution in [0.1, 0.15) is 29.0 Å². The Morgan fingerprint density at radius 1 is 0.938 bits per heavy atom. The van der Waals surface area contributed by atoms with E-state index in [4.69, 9.17) is 0 Å². The van der Waals surface area contributed by atoms with E-state index in [9.17, 15) is 13.2 Å². The zero-order chi connectivity index (χ0) is 22.6. The van der Waals surface area contributed by atoms with Crippen molar-refractivity contribution in [3.05, 3.63) is 90.3 Å². The van der Waals surface area contributed by atoms with Crippen LogP contribution in [0.5, 0.6) is 0 Å². The lowest BCUT2D eigenvalue weighted by atomic mass is 10.1. The molecule has 166 valence electrons. The molecule has 32 heavy (non-hydrogen) atoms. The van der Waals surface area contributed by atoms with E-state index in [0.29, 0.717) is 31.7 Å². The van der Waals surface area contributed by atoms with Crippen LogP contribution in [0.25, 0.3) is 0 Å². The molecule has 0 saturated carbocycles. The molecule has 0 bridgehead atoms. The highest BCUT2D eigenvalue weighted by atomic mass is 32.2. The smallest absolute Gasteiger partial charge is 0.251 e. The summed E-state index contributed by atoms with van der Waals surface area (Å²) >= 11 is 0. The summed E-state index contributed by atoms with van der Waals surface area (Å²) in [6.07, 6.45) is 1.67. The van der Waals surface area contributed by atoms with E-state index in [-0.39, 0.29) is 16.8 Å². The number of nitrogens with one attached hydrogen (secondary N) is 1. The van der Waals surface area contributed by atoms with Crippen LogP contribution in [-0.2, 0) is 10.0 Å². The summed E-state index contributed by atoms with van der Waals surface area (Å²) in [6.45, 7) is 3.86. The monoisotopic (exact) mass is 450 g/mol. The highest BCUT2D eigenvalue weighted by molar-refractivity contribution is 7.89. The van der Waals surface area contributed by atoms with E-state index in [1.807, 2.05) is 55.5 Å². The number of hydrogen-bond acceptors (Lipinski definition) is 5. The quantitative estimate of drug-likeness (QED) is 0.624. The number of amides is 1. The summed E-state index contributed by atoms with van der Waals surface area (Å²) in [5.41, 5.74) is 2.13. The number of carbonyl (C=O) groups is 1. The molecule has 1 amide bonds. The maximum atomic E-state index is 13.2. The van der Waals surface area contributed by atoms with Crippen LogP contribution >= 0.6 is 0 Å². The van der Waals surface area contributed by atoms with Crippen LogP contribution < -0.4 is 10.2 Å². The molecule has 7 nitrogen and oxygen atoms in total. The number of piperazine rings is 1. The fourth-order valence-electron chi connectivity index (χ4n) is 3.76. The van der Waals surface area contributed by atoms with Crippen molar-refractivity contribution in [1.82, 2.24) is 14.6 Å². The molecule has 2 heterocycles. The number of sulfonamides is 1. The third-order valence-electron chi connectivity index (χ3n) is 5.57. The predicted molar refractivity (Wildman–Crippen MR) is 124 cm³/mol. The number of nitrogens with zero attached hydrogens (tertiary/aromatic N) is 3. The second-order valence-electron chi connectivity index (χ2n) is 7.70. The largest absolute Gasteiger partial charge is 0.369 e. The molecule has 0 radical (unpaired) electrons. The van der Waals surface area contributed by atoms with Gasteiger partial charge in [0.15, 0.2) is 0 Å². The third-order valence-corrected chi connectivity index (χ3v) is 7.47. The lowest BCUT2D eigenvalue weighted by molar-refractivity contribution is 0.0939. The van der Waals surface area contributed by atoms with Crippen molar-refractivity contribution >= 4 is 21.6 Å². The second kappa shape index (κ2) is 9.50. The van der Waals surface area contributed by atoms with Gasteiger partial charge >= 0.3 is 0 Å². The lowest BCUT2D eigenvalue weighted by Crippen LogP contribution is -2.48. The topological polar surface area (TPSA) is 82.6 Å². The molecule has 1 fully saturated rings. The first-order chi connectivity index (χ1) is 15.4. The standard InChI is InChI=1S/C24H26N4O3S/c1-19(23-12-5-6-13-25-23)26-24(29)20-8-7-11-22(18-20)32(30,31)28-16-14-27(15-17-28)21-9-3-2-4-10-21/h2-13,18-19H,14-17H2,1H3,(H,26,29)/t19-/m1/s1. The molecule has 1 aromatic heterocycles. The minimum atomic E-state index is -3.69. The van der Waals surface area contributed by atoms with Crippen molar-refractivity contribution in [3.8, 4) is 0 Å². The van der Waals surface area contributed by atoms with Crippen LogP contribution in [-0.4, -0.2) is 49.8 Å². The summed E-state index contributed by atoms with van der Waals surface area (Å²) in [5, 5.41) is 2.88. The molecule has 3 aromatic rings. The highest BCUT2D eigenvalue weighted by Gasteiger charge is 2.29. The molecule has 4 rings (SSSR count). The summed E-state index contributed by atoms with van der Waals surface area (Å²) < 4.78 is 27.9. The molecule has 1 aliphatic heterocycles. The highest BCUT2D eigenvalue weighted by Crippen LogP contribution is 2.22. The van der Waals surface area contributed by atoms with E-state index in [2.05, 4.69) is 15.2 Å². The van der Waals surface area contributed by atoms with Crippen molar-refractivity contribution in [2.24, 2.45) is 0 Å². The summed E-state index contributed by atoms with van der Waals surface area (Å²) in [4.78, 5) is 19.3. The molecule has 0 aliphatic carbocycles. The Labute approximate surface area is 188 Å². The molecule has 1 atom stereocenters. The molecule has 1 aliphatic rings. The second-order valence-corrected chi connectivity index (χ2v) is 9.64. The first-order valence-corrected chi connectivity index (χ1v) is 12.0.